The first-order valence-corrected chi connectivity index (χ1v) is 6.20. The highest BCUT2D eigenvalue weighted by Gasteiger charge is 2.02. The summed E-state index contributed by atoms with van der Waals surface area (Å²) in [5, 5.41) is 8.37. The van der Waals surface area contributed by atoms with E-state index in [0.29, 0.717) is 26.1 Å². The molecule has 0 saturated heterocycles. The third kappa shape index (κ3) is 11.3. The van der Waals surface area contributed by atoms with Crippen LogP contribution >= 0.6 is 0 Å². The van der Waals surface area contributed by atoms with Crippen LogP contribution in [0.3, 0.4) is 0 Å². The van der Waals surface area contributed by atoms with Gasteiger partial charge in [-0.2, -0.15) is 0 Å². The van der Waals surface area contributed by atoms with Gasteiger partial charge >= 0.3 is 11.9 Å². The molecule has 0 spiro atoms. The van der Waals surface area contributed by atoms with Crippen molar-refractivity contribution in [1.82, 2.24) is 0 Å². The predicted octanol–water partition coefficient (Wildman–Crippen LogP) is 0.662. The molecule has 1 N–H and O–H groups in total. The second-order valence-corrected chi connectivity index (χ2v) is 3.71. The normalized spacial score (nSPS) is 10.1. The van der Waals surface area contributed by atoms with E-state index in [4.69, 9.17) is 14.6 Å². The van der Waals surface area contributed by atoms with E-state index in [1.165, 1.54) is 0 Å². The van der Waals surface area contributed by atoms with E-state index in [2.05, 4.69) is 4.74 Å². The fourth-order valence-electron chi connectivity index (χ4n) is 1.07. The summed E-state index contributed by atoms with van der Waals surface area (Å²) in [4.78, 5) is 21.6. The molecule has 6 nitrogen and oxygen atoms in total. The molecule has 0 atom stereocenters. The molecule has 0 saturated carbocycles. The Bertz CT molecular complexity index is 229. The average Bonchev–Trinajstić information content (AvgIpc) is 2.37. The maximum absolute atomic E-state index is 11.1. The molecule has 0 radical (unpaired) electrons. The predicted molar refractivity (Wildman–Crippen MR) is 64.0 cm³/mol. The number of ether oxygens (including phenoxy) is 3. The Labute approximate surface area is 107 Å². The van der Waals surface area contributed by atoms with Crippen molar-refractivity contribution in [1.29, 1.82) is 0 Å². The van der Waals surface area contributed by atoms with Crippen LogP contribution in [0.5, 0.6) is 0 Å². The lowest BCUT2D eigenvalue weighted by Crippen LogP contribution is -2.14. The van der Waals surface area contributed by atoms with Gasteiger partial charge < -0.3 is 19.3 Å². The molecular formula is C12H22O6. The molecule has 0 unspecified atom stereocenters. The number of rotatable bonds is 11. The molecule has 0 fully saturated rings. The summed E-state index contributed by atoms with van der Waals surface area (Å²) in [6, 6.07) is 0. The van der Waals surface area contributed by atoms with Crippen LogP contribution < -0.4 is 0 Å². The molecule has 0 aromatic rings. The zero-order chi connectivity index (χ0) is 13.6. The standard InChI is InChI=1S/C12H22O6/c1-2-3-7-18-12(15)10-16-6-4-5-8-17-11(14)9-13/h13H,2-10H2,1H3. The van der Waals surface area contributed by atoms with Gasteiger partial charge in [0.25, 0.3) is 0 Å². The summed E-state index contributed by atoms with van der Waals surface area (Å²) in [5.41, 5.74) is 0. The number of esters is 2. The van der Waals surface area contributed by atoms with Crippen LogP contribution in [0.15, 0.2) is 0 Å². The molecule has 0 rings (SSSR count). The maximum atomic E-state index is 11.1. The summed E-state index contributed by atoms with van der Waals surface area (Å²) < 4.78 is 14.6. The van der Waals surface area contributed by atoms with Crippen LogP contribution in [0.1, 0.15) is 32.6 Å². The van der Waals surface area contributed by atoms with Gasteiger partial charge in [0, 0.05) is 6.61 Å². The molecule has 0 heterocycles. The van der Waals surface area contributed by atoms with Gasteiger partial charge in [-0.3, -0.25) is 0 Å². The van der Waals surface area contributed by atoms with Crippen LogP contribution in [-0.4, -0.2) is 50.1 Å². The molecule has 6 heteroatoms. The summed E-state index contributed by atoms with van der Waals surface area (Å²) in [6.07, 6.45) is 3.17. The van der Waals surface area contributed by atoms with Crippen molar-refractivity contribution < 1.29 is 28.9 Å². The van der Waals surface area contributed by atoms with Crippen molar-refractivity contribution in [2.45, 2.75) is 32.6 Å². The van der Waals surface area contributed by atoms with Crippen molar-refractivity contribution in [3.8, 4) is 0 Å². The largest absolute Gasteiger partial charge is 0.464 e. The number of carbonyl (C=O) groups is 2. The third-order valence-electron chi connectivity index (χ3n) is 2.06. The minimum atomic E-state index is -0.629. The van der Waals surface area contributed by atoms with Gasteiger partial charge in [-0.05, 0) is 19.3 Å². The second kappa shape index (κ2) is 12.3. The zero-order valence-corrected chi connectivity index (χ0v) is 10.9. The Morgan fingerprint density at radius 2 is 1.56 bits per heavy atom. The highest BCUT2D eigenvalue weighted by atomic mass is 16.6. The number of unbranched alkanes of at least 4 members (excludes halogenated alkanes) is 2. The Kier molecular flexibility index (Phi) is 11.5. The molecule has 0 bridgehead atoms. The highest BCUT2D eigenvalue weighted by Crippen LogP contribution is 1.94. The summed E-state index contributed by atoms with van der Waals surface area (Å²) in [6.45, 7) is 2.49. The first-order chi connectivity index (χ1) is 8.70. The maximum Gasteiger partial charge on any atom is 0.332 e. The summed E-state index contributed by atoms with van der Waals surface area (Å²) >= 11 is 0. The Hall–Kier alpha value is -1.14. The lowest BCUT2D eigenvalue weighted by atomic mass is 10.3. The number of aliphatic hydroxyl groups excluding tert-OH is 1. The van der Waals surface area contributed by atoms with E-state index in [1.807, 2.05) is 6.92 Å². The Morgan fingerprint density at radius 3 is 2.22 bits per heavy atom. The monoisotopic (exact) mass is 262 g/mol. The minimum Gasteiger partial charge on any atom is -0.464 e. The molecule has 0 aromatic heterocycles. The lowest BCUT2D eigenvalue weighted by Gasteiger charge is -2.05. The first-order valence-electron chi connectivity index (χ1n) is 6.20. The Balaban J connectivity index is 3.19. The van der Waals surface area contributed by atoms with Gasteiger partial charge in [0.1, 0.15) is 13.2 Å². The van der Waals surface area contributed by atoms with Gasteiger partial charge in [0.2, 0.25) is 0 Å². The minimum absolute atomic E-state index is 0.0415. The van der Waals surface area contributed by atoms with E-state index < -0.39 is 12.6 Å². The van der Waals surface area contributed by atoms with E-state index >= 15 is 0 Å². The van der Waals surface area contributed by atoms with Crippen molar-refractivity contribution in [3.63, 3.8) is 0 Å². The van der Waals surface area contributed by atoms with Gasteiger partial charge in [0.05, 0.1) is 13.2 Å². The number of carbonyl (C=O) groups excluding carboxylic acids is 2. The summed E-state index contributed by atoms with van der Waals surface area (Å²) in [5.74, 6) is -0.981. The number of hydrogen-bond donors (Lipinski definition) is 1. The highest BCUT2D eigenvalue weighted by molar-refractivity contribution is 5.70. The molecule has 0 amide bonds. The van der Waals surface area contributed by atoms with Crippen LogP contribution in [0.25, 0.3) is 0 Å². The van der Waals surface area contributed by atoms with Crippen LogP contribution in [0.2, 0.25) is 0 Å². The fraction of sp³-hybridized carbons (Fsp3) is 0.833. The quantitative estimate of drug-likeness (QED) is 0.435. The third-order valence-corrected chi connectivity index (χ3v) is 2.06. The molecule has 0 aliphatic carbocycles. The number of aliphatic hydroxyl groups is 1. The second-order valence-electron chi connectivity index (χ2n) is 3.71. The van der Waals surface area contributed by atoms with Crippen molar-refractivity contribution in [3.05, 3.63) is 0 Å². The van der Waals surface area contributed by atoms with Crippen LogP contribution in [0.4, 0.5) is 0 Å². The first kappa shape index (κ1) is 16.9. The average molecular weight is 262 g/mol. The van der Waals surface area contributed by atoms with Gasteiger partial charge in [0.15, 0.2) is 0 Å². The molecular weight excluding hydrogens is 240 g/mol. The smallest absolute Gasteiger partial charge is 0.332 e. The van der Waals surface area contributed by atoms with Gasteiger partial charge in [-0.25, -0.2) is 9.59 Å². The van der Waals surface area contributed by atoms with Crippen LogP contribution in [-0.2, 0) is 23.8 Å². The lowest BCUT2D eigenvalue weighted by molar-refractivity contribution is -0.149. The van der Waals surface area contributed by atoms with E-state index in [-0.39, 0.29) is 19.2 Å². The molecule has 0 aliphatic heterocycles. The molecule has 18 heavy (non-hydrogen) atoms. The molecule has 0 aliphatic rings. The van der Waals surface area contributed by atoms with Crippen LogP contribution in [0, 0.1) is 0 Å². The Morgan fingerprint density at radius 1 is 0.944 bits per heavy atom. The zero-order valence-electron chi connectivity index (χ0n) is 10.9. The van der Waals surface area contributed by atoms with Crippen molar-refractivity contribution in [2.75, 3.05) is 33.0 Å². The van der Waals surface area contributed by atoms with E-state index in [9.17, 15) is 9.59 Å². The van der Waals surface area contributed by atoms with Gasteiger partial charge in [-0.1, -0.05) is 13.3 Å². The van der Waals surface area contributed by atoms with Crippen molar-refractivity contribution >= 4 is 11.9 Å². The SMILES string of the molecule is CCCCOC(=O)COCCCCOC(=O)CO. The van der Waals surface area contributed by atoms with E-state index in [0.717, 1.165) is 12.8 Å². The molecule has 0 aromatic carbocycles. The fourth-order valence-corrected chi connectivity index (χ4v) is 1.07. The topological polar surface area (TPSA) is 82.1 Å². The van der Waals surface area contributed by atoms with E-state index in [1.54, 1.807) is 0 Å². The van der Waals surface area contributed by atoms with Gasteiger partial charge in [-0.15, -0.1) is 0 Å². The summed E-state index contributed by atoms with van der Waals surface area (Å²) in [7, 11) is 0. The number of hydrogen-bond acceptors (Lipinski definition) is 6. The van der Waals surface area contributed by atoms with Crippen molar-refractivity contribution in [2.24, 2.45) is 0 Å². The molecule has 106 valence electrons.